The zero-order valence-corrected chi connectivity index (χ0v) is 25.9. The molecule has 0 radical (unpaired) electrons. The molecule has 12 heteroatoms. The van der Waals surface area contributed by atoms with Crippen molar-refractivity contribution in [1.82, 2.24) is 25.1 Å². The molecule has 2 aromatic heterocycles. The maximum atomic E-state index is 13.8. The summed E-state index contributed by atoms with van der Waals surface area (Å²) in [5.74, 6) is 0.132. The monoisotopic (exact) mass is 640 g/mol. The number of halogens is 1. The molecule has 45 heavy (non-hydrogen) atoms. The number of thiophene rings is 1. The summed E-state index contributed by atoms with van der Waals surface area (Å²) in [6.07, 6.45) is 0.615. The highest BCUT2D eigenvalue weighted by Crippen LogP contribution is 2.35. The number of thioether (sulfide) groups is 1. The van der Waals surface area contributed by atoms with E-state index in [2.05, 4.69) is 15.5 Å². The summed E-state index contributed by atoms with van der Waals surface area (Å²) >= 11 is 2.80. The van der Waals surface area contributed by atoms with Gasteiger partial charge in [-0.15, -0.1) is 21.5 Å². The van der Waals surface area contributed by atoms with Gasteiger partial charge < -0.3 is 10.1 Å². The topological polar surface area (TPSA) is 102 Å². The van der Waals surface area contributed by atoms with Gasteiger partial charge in [0.2, 0.25) is 0 Å². The second-order valence-electron chi connectivity index (χ2n) is 10.3. The maximum absolute atomic E-state index is 13.8. The van der Waals surface area contributed by atoms with Crippen molar-refractivity contribution >= 4 is 40.6 Å². The number of hydrogen-bond acceptors (Lipinski definition) is 8. The first-order valence-electron chi connectivity index (χ1n) is 14.2. The van der Waals surface area contributed by atoms with Gasteiger partial charge in [0.15, 0.2) is 17.6 Å². The van der Waals surface area contributed by atoms with Crippen LogP contribution in [0.5, 0.6) is 5.75 Å². The second kappa shape index (κ2) is 13.9. The fraction of sp³-hybridized carbons (Fsp3) is 0.182. The van der Waals surface area contributed by atoms with Crippen LogP contribution in [-0.2, 0) is 16.1 Å². The summed E-state index contributed by atoms with van der Waals surface area (Å²) in [6, 6.07) is 26.8. The molecule has 0 saturated heterocycles. The lowest BCUT2D eigenvalue weighted by atomic mass is 10.00. The van der Waals surface area contributed by atoms with Crippen molar-refractivity contribution in [3.8, 4) is 11.4 Å². The number of carbonyl (C=O) groups excluding carboxylic acids is 2. The lowest BCUT2D eigenvalue weighted by Gasteiger charge is -2.22. The van der Waals surface area contributed by atoms with Gasteiger partial charge in [-0.1, -0.05) is 65.9 Å². The third-order valence-corrected chi connectivity index (χ3v) is 8.93. The van der Waals surface area contributed by atoms with Crippen LogP contribution in [0.2, 0.25) is 0 Å². The predicted octanol–water partition coefficient (Wildman–Crippen LogP) is 5.94. The SMILES string of the molecule is Cc1ccc(C2CC(c3cccs3)=NN2C(=O)CSc2nnc(CNC(=O)COc3ccccc3)n2-c2ccc(F)cc2)cc1. The van der Waals surface area contributed by atoms with Crippen molar-refractivity contribution < 1.29 is 18.7 Å². The summed E-state index contributed by atoms with van der Waals surface area (Å²) < 4.78 is 21.0. The Morgan fingerprint density at radius 2 is 1.78 bits per heavy atom. The Morgan fingerprint density at radius 1 is 1.00 bits per heavy atom. The lowest BCUT2D eigenvalue weighted by Crippen LogP contribution is -2.29. The maximum Gasteiger partial charge on any atom is 0.258 e. The normalized spacial score (nSPS) is 14.3. The Hall–Kier alpha value is -4.81. The van der Waals surface area contributed by atoms with E-state index < -0.39 is 0 Å². The Bertz CT molecular complexity index is 1790. The summed E-state index contributed by atoms with van der Waals surface area (Å²) in [5.41, 5.74) is 3.62. The Labute approximate surface area is 267 Å². The van der Waals surface area contributed by atoms with E-state index in [9.17, 15) is 14.0 Å². The molecule has 0 aliphatic carbocycles. The van der Waals surface area contributed by atoms with Gasteiger partial charge in [0.05, 0.1) is 28.9 Å². The molecule has 3 heterocycles. The van der Waals surface area contributed by atoms with E-state index in [1.807, 2.05) is 66.9 Å². The number of nitrogens with zero attached hydrogens (tertiary/aromatic N) is 5. The molecule has 5 aromatic rings. The van der Waals surface area contributed by atoms with Crippen LogP contribution in [-0.4, -0.2) is 49.7 Å². The highest BCUT2D eigenvalue weighted by atomic mass is 32.2. The Balaban J connectivity index is 1.18. The van der Waals surface area contributed by atoms with Crippen molar-refractivity contribution in [3.63, 3.8) is 0 Å². The van der Waals surface area contributed by atoms with Crippen LogP contribution < -0.4 is 10.1 Å². The summed E-state index contributed by atoms with van der Waals surface area (Å²) in [6.45, 7) is 1.91. The molecular weight excluding hydrogens is 612 g/mol. The van der Waals surface area contributed by atoms with Crippen LogP contribution in [0.3, 0.4) is 0 Å². The van der Waals surface area contributed by atoms with Crippen LogP contribution in [0.25, 0.3) is 5.69 Å². The Morgan fingerprint density at radius 3 is 2.51 bits per heavy atom. The smallest absolute Gasteiger partial charge is 0.258 e. The van der Waals surface area contributed by atoms with Crippen LogP contribution in [0.4, 0.5) is 4.39 Å². The van der Waals surface area contributed by atoms with Gasteiger partial charge in [-0.25, -0.2) is 9.40 Å². The number of hydrazone groups is 1. The number of carbonyl (C=O) groups is 2. The summed E-state index contributed by atoms with van der Waals surface area (Å²) in [4.78, 5) is 27.3. The summed E-state index contributed by atoms with van der Waals surface area (Å²) in [7, 11) is 0. The van der Waals surface area contributed by atoms with Gasteiger partial charge in [0, 0.05) is 12.1 Å². The standard InChI is InChI=1S/C33H29FN6O3S2/c1-22-9-11-23(12-10-22)28-18-27(29-8-5-17-44-29)38-40(28)32(42)21-45-33-37-36-30(39(33)25-15-13-24(34)14-16-25)19-35-31(41)20-43-26-6-3-2-4-7-26/h2-17,28H,18-21H2,1H3,(H,35,41). The molecule has 2 amide bonds. The molecule has 0 fully saturated rings. The highest BCUT2D eigenvalue weighted by Gasteiger charge is 2.33. The molecule has 0 spiro atoms. The molecule has 6 rings (SSSR count). The van der Waals surface area contributed by atoms with E-state index in [4.69, 9.17) is 9.84 Å². The van der Waals surface area contributed by atoms with Gasteiger partial charge >= 0.3 is 0 Å². The number of rotatable bonds is 11. The molecule has 3 aromatic carbocycles. The van der Waals surface area contributed by atoms with Crippen molar-refractivity contribution in [2.24, 2.45) is 5.10 Å². The zero-order chi connectivity index (χ0) is 31.2. The molecule has 1 aliphatic rings. The van der Waals surface area contributed by atoms with E-state index in [-0.39, 0.29) is 42.6 Å². The van der Waals surface area contributed by atoms with Crippen LogP contribution in [0.1, 0.15) is 34.3 Å². The third kappa shape index (κ3) is 7.30. The molecule has 9 nitrogen and oxygen atoms in total. The number of aryl methyl sites for hydroxylation is 1. The highest BCUT2D eigenvalue weighted by molar-refractivity contribution is 7.99. The average Bonchev–Trinajstić information content (AvgIpc) is 3.83. The number of para-hydroxylation sites is 1. The minimum absolute atomic E-state index is 0.0418. The molecule has 1 N–H and O–H groups in total. The first-order valence-corrected chi connectivity index (χ1v) is 16.1. The van der Waals surface area contributed by atoms with Crippen molar-refractivity contribution in [1.29, 1.82) is 0 Å². The first-order chi connectivity index (χ1) is 21.9. The average molecular weight is 641 g/mol. The molecule has 1 unspecified atom stereocenters. The fourth-order valence-corrected chi connectivity index (χ4v) is 6.37. The van der Waals surface area contributed by atoms with Crippen molar-refractivity contribution in [3.05, 3.63) is 124 Å². The first kappa shape index (κ1) is 30.2. The van der Waals surface area contributed by atoms with E-state index in [0.29, 0.717) is 28.8 Å². The van der Waals surface area contributed by atoms with Crippen molar-refractivity contribution in [2.45, 2.75) is 31.1 Å². The molecule has 1 atom stereocenters. The number of nitrogens with one attached hydrogen (secondary N) is 1. The van der Waals surface area contributed by atoms with E-state index in [1.165, 1.54) is 23.9 Å². The molecule has 228 valence electrons. The number of hydrogen-bond donors (Lipinski definition) is 1. The number of aromatic nitrogens is 3. The van der Waals surface area contributed by atoms with Crippen molar-refractivity contribution in [2.75, 3.05) is 12.4 Å². The quantitative estimate of drug-likeness (QED) is 0.179. The number of amides is 2. The van der Waals surface area contributed by atoms with E-state index >= 15 is 0 Å². The van der Waals surface area contributed by atoms with Gasteiger partial charge in [-0.3, -0.25) is 14.2 Å². The lowest BCUT2D eigenvalue weighted by molar-refractivity contribution is -0.130. The second-order valence-corrected chi connectivity index (χ2v) is 12.2. The Kier molecular flexibility index (Phi) is 9.32. The number of ether oxygens (including phenoxy) is 1. The molecule has 1 aliphatic heterocycles. The number of benzene rings is 3. The molecule has 0 bridgehead atoms. The van der Waals surface area contributed by atoms with E-state index in [1.54, 1.807) is 45.2 Å². The zero-order valence-electron chi connectivity index (χ0n) is 24.3. The van der Waals surface area contributed by atoms with Gasteiger partial charge in [-0.05, 0) is 60.3 Å². The van der Waals surface area contributed by atoms with E-state index in [0.717, 1.165) is 21.7 Å². The minimum Gasteiger partial charge on any atom is -0.484 e. The van der Waals surface area contributed by atoms with Crippen LogP contribution >= 0.6 is 23.1 Å². The van der Waals surface area contributed by atoms with Gasteiger partial charge in [-0.2, -0.15) is 5.10 Å². The fourth-order valence-electron chi connectivity index (χ4n) is 4.82. The van der Waals surface area contributed by atoms with Gasteiger partial charge in [0.25, 0.3) is 11.8 Å². The van der Waals surface area contributed by atoms with Crippen LogP contribution in [0.15, 0.2) is 107 Å². The van der Waals surface area contributed by atoms with Gasteiger partial charge in [0.1, 0.15) is 11.6 Å². The van der Waals surface area contributed by atoms with Crippen LogP contribution in [0, 0.1) is 12.7 Å². The summed E-state index contributed by atoms with van der Waals surface area (Å²) in [5, 5.41) is 20.2. The molecule has 0 saturated carbocycles. The molecular formula is C33H29FN6O3S2. The largest absolute Gasteiger partial charge is 0.484 e. The third-order valence-electron chi connectivity index (χ3n) is 7.10. The minimum atomic E-state index is -0.389. The predicted molar refractivity (Wildman–Crippen MR) is 172 cm³/mol.